The molecule has 7 heteroatoms. The first-order valence-electron chi connectivity index (χ1n) is 6.75. The van der Waals surface area contributed by atoms with Gasteiger partial charge in [0, 0.05) is 23.7 Å². The van der Waals surface area contributed by atoms with E-state index in [1.807, 2.05) is 0 Å². The number of benzene rings is 1. The number of alkyl halides is 3. The van der Waals surface area contributed by atoms with Crippen LogP contribution in [0.25, 0.3) is 10.9 Å². The summed E-state index contributed by atoms with van der Waals surface area (Å²) in [4.78, 5) is 17.3. The van der Waals surface area contributed by atoms with Crippen molar-refractivity contribution in [3.63, 3.8) is 0 Å². The Labute approximate surface area is 130 Å². The van der Waals surface area contributed by atoms with Crippen molar-refractivity contribution >= 4 is 16.8 Å². The lowest BCUT2D eigenvalue weighted by molar-refractivity contribution is -0.139. The molecular weight excluding hydrogens is 312 g/mol. The average molecular weight is 326 g/mol. The van der Waals surface area contributed by atoms with Crippen molar-refractivity contribution in [2.75, 3.05) is 13.1 Å². The number of halogens is 4. The first-order chi connectivity index (χ1) is 10.7. The summed E-state index contributed by atoms with van der Waals surface area (Å²) in [6.45, 7) is 3.33. The number of nitrogens with zero attached hydrogens (tertiary/aromatic N) is 2. The lowest BCUT2D eigenvalue weighted by atomic mass is 10.1. The fraction of sp³-hybridized carbons (Fsp3) is 0.250. The standard InChI is InChI=1S/C16H14F4N2O/c1-3-6-22(9-16(18,19)20)15(23)13-7-10(2)21-14-8-11(17)4-5-12(13)14/h3-5,7-8H,1,6,9H2,2H3. The number of hydrogen-bond acceptors (Lipinski definition) is 2. The molecule has 122 valence electrons. The Bertz CT molecular complexity index is 750. The maximum absolute atomic E-state index is 13.3. The summed E-state index contributed by atoms with van der Waals surface area (Å²) >= 11 is 0. The van der Waals surface area contributed by atoms with Gasteiger partial charge in [-0.05, 0) is 25.1 Å². The van der Waals surface area contributed by atoms with Crippen LogP contribution in [0.1, 0.15) is 16.1 Å². The third kappa shape index (κ3) is 4.06. The van der Waals surface area contributed by atoms with Crippen LogP contribution in [0.4, 0.5) is 17.6 Å². The summed E-state index contributed by atoms with van der Waals surface area (Å²) in [7, 11) is 0. The van der Waals surface area contributed by atoms with E-state index in [9.17, 15) is 22.4 Å². The molecule has 0 atom stereocenters. The zero-order valence-electron chi connectivity index (χ0n) is 12.3. The first kappa shape index (κ1) is 16.9. The molecule has 1 heterocycles. The minimum absolute atomic E-state index is 0.0543. The highest BCUT2D eigenvalue weighted by Crippen LogP contribution is 2.23. The van der Waals surface area contributed by atoms with Crippen molar-refractivity contribution < 1.29 is 22.4 Å². The van der Waals surface area contributed by atoms with Crippen molar-refractivity contribution in [3.05, 3.63) is 54.0 Å². The highest BCUT2D eigenvalue weighted by Gasteiger charge is 2.33. The Morgan fingerprint density at radius 1 is 1.35 bits per heavy atom. The zero-order valence-corrected chi connectivity index (χ0v) is 12.3. The van der Waals surface area contributed by atoms with Crippen LogP contribution in [0.5, 0.6) is 0 Å². The molecule has 0 radical (unpaired) electrons. The Morgan fingerprint density at radius 2 is 2.04 bits per heavy atom. The average Bonchev–Trinajstić information content (AvgIpc) is 2.43. The van der Waals surface area contributed by atoms with Gasteiger partial charge in [-0.2, -0.15) is 13.2 Å². The number of carbonyl (C=O) groups is 1. The maximum atomic E-state index is 13.3. The number of aryl methyl sites for hydroxylation is 1. The predicted molar refractivity (Wildman–Crippen MR) is 78.6 cm³/mol. The monoisotopic (exact) mass is 326 g/mol. The lowest BCUT2D eigenvalue weighted by Gasteiger charge is -2.23. The van der Waals surface area contributed by atoms with Crippen LogP contribution in [0.2, 0.25) is 0 Å². The van der Waals surface area contributed by atoms with Crippen LogP contribution in [0, 0.1) is 12.7 Å². The number of hydrogen-bond donors (Lipinski definition) is 0. The quantitative estimate of drug-likeness (QED) is 0.631. The molecule has 0 saturated carbocycles. The van der Waals surface area contributed by atoms with Gasteiger partial charge in [0.25, 0.3) is 5.91 Å². The number of rotatable bonds is 4. The van der Waals surface area contributed by atoms with E-state index in [4.69, 9.17) is 0 Å². The van der Waals surface area contributed by atoms with Gasteiger partial charge in [-0.1, -0.05) is 6.08 Å². The summed E-state index contributed by atoms with van der Waals surface area (Å²) in [5.41, 5.74) is 0.689. The van der Waals surface area contributed by atoms with Gasteiger partial charge in [-0.25, -0.2) is 4.39 Å². The van der Waals surface area contributed by atoms with Crippen LogP contribution in [-0.4, -0.2) is 35.1 Å². The van der Waals surface area contributed by atoms with Crippen molar-refractivity contribution in [3.8, 4) is 0 Å². The Hall–Kier alpha value is -2.44. The molecule has 2 aromatic rings. The van der Waals surface area contributed by atoms with Gasteiger partial charge in [-0.15, -0.1) is 6.58 Å². The maximum Gasteiger partial charge on any atom is 0.406 e. The predicted octanol–water partition coefficient (Wildman–Crippen LogP) is 3.87. The smallest absolute Gasteiger partial charge is 0.326 e. The molecule has 0 unspecified atom stereocenters. The highest BCUT2D eigenvalue weighted by atomic mass is 19.4. The van der Waals surface area contributed by atoms with E-state index in [1.54, 1.807) is 6.92 Å². The second-order valence-corrected chi connectivity index (χ2v) is 5.06. The summed E-state index contributed by atoms with van der Waals surface area (Å²) in [6, 6.07) is 5.01. The highest BCUT2D eigenvalue weighted by molar-refractivity contribution is 6.06. The van der Waals surface area contributed by atoms with E-state index < -0.39 is 24.4 Å². The zero-order chi connectivity index (χ0) is 17.2. The minimum Gasteiger partial charge on any atom is -0.326 e. The molecule has 0 fully saturated rings. The molecule has 0 aliphatic carbocycles. The Kier molecular flexibility index (Phi) is 4.68. The lowest BCUT2D eigenvalue weighted by Crippen LogP contribution is -2.39. The molecule has 2 rings (SSSR count). The molecule has 3 nitrogen and oxygen atoms in total. The molecule has 1 aromatic heterocycles. The van der Waals surface area contributed by atoms with Gasteiger partial charge >= 0.3 is 6.18 Å². The fourth-order valence-corrected chi connectivity index (χ4v) is 2.27. The second-order valence-electron chi connectivity index (χ2n) is 5.06. The van der Waals surface area contributed by atoms with E-state index in [2.05, 4.69) is 11.6 Å². The van der Waals surface area contributed by atoms with Gasteiger partial charge in [0.1, 0.15) is 12.4 Å². The second kappa shape index (κ2) is 6.36. The molecule has 23 heavy (non-hydrogen) atoms. The van der Waals surface area contributed by atoms with Crippen LogP contribution >= 0.6 is 0 Å². The molecule has 0 bridgehead atoms. The van der Waals surface area contributed by atoms with Gasteiger partial charge in [0.05, 0.1) is 11.1 Å². The van der Waals surface area contributed by atoms with Gasteiger partial charge < -0.3 is 4.90 Å². The molecule has 0 saturated heterocycles. The molecule has 1 amide bonds. The molecule has 0 aliphatic rings. The SMILES string of the molecule is C=CCN(CC(F)(F)F)C(=O)c1cc(C)nc2cc(F)ccc12. The van der Waals surface area contributed by atoms with E-state index in [0.717, 1.165) is 12.1 Å². The van der Waals surface area contributed by atoms with Gasteiger partial charge in [-0.3, -0.25) is 9.78 Å². The molecular formula is C16H14F4N2O. The van der Waals surface area contributed by atoms with Crippen molar-refractivity contribution in [2.45, 2.75) is 13.1 Å². The summed E-state index contributed by atoms with van der Waals surface area (Å²) in [6.07, 6.45) is -3.30. The van der Waals surface area contributed by atoms with E-state index in [0.29, 0.717) is 16.0 Å². The molecule has 1 aromatic carbocycles. The molecule has 0 aliphatic heterocycles. The Balaban J connectivity index is 2.52. The van der Waals surface area contributed by atoms with E-state index >= 15 is 0 Å². The number of aromatic nitrogens is 1. The number of pyridine rings is 1. The summed E-state index contributed by atoms with van der Waals surface area (Å²) in [5, 5.41) is 0.304. The number of fused-ring (bicyclic) bond motifs is 1. The van der Waals surface area contributed by atoms with Gasteiger partial charge in [0.2, 0.25) is 0 Å². The largest absolute Gasteiger partial charge is 0.406 e. The van der Waals surface area contributed by atoms with Gasteiger partial charge in [0.15, 0.2) is 0 Å². The minimum atomic E-state index is -4.53. The van der Waals surface area contributed by atoms with Crippen LogP contribution in [0.3, 0.4) is 0 Å². The summed E-state index contributed by atoms with van der Waals surface area (Å²) < 4.78 is 51.3. The van der Waals surface area contributed by atoms with Crippen molar-refractivity contribution in [1.29, 1.82) is 0 Å². The van der Waals surface area contributed by atoms with E-state index in [1.165, 1.54) is 18.2 Å². The van der Waals surface area contributed by atoms with Crippen molar-refractivity contribution in [1.82, 2.24) is 9.88 Å². The van der Waals surface area contributed by atoms with E-state index in [-0.39, 0.29) is 17.6 Å². The number of carbonyl (C=O) groups excluding carboxylic acids is 1. The normalized spacial score (nSPS) is 11.5. The first-order valence-corrected chi connectivity index (χ1v) is 6.75. The topological polar surface area (TPSA) is 33.2 Å². The Morgan fingerprint density at radius 3 is 2.65 bits per heavy atom. The van der Waals surface area contributed by atoms with Crippen molar-refractivity contribution in [2.24, 2.45) is 0 Å². The third-order valence-electron chi connectivity index (χ3n) is 3.14. The number of amides is 1. The fourth-order valence-electron chi connectivity index (χ4n) is 2.27. The third-order valence-corrected chi connectivity index (χ3v) is 3.14. The van der Waals surface area contributed by atoms with Crippen LogP contribution < -0.4 is 0 Å². The molecule has 0 spiro atoms. The summed E-state index contributed by atoms with van der Waals surface area (Å²) in [5.74, 6) is -1.34. The van der Waals surface area contributed by atoms with Crippen LogP contribution in [0.15, 0.2) is 36.9 Å². The van der Waals surface area contributed by atoms with Crippen LogP contribution in [-0.2, 0) is 0 Å². The molecule has 0 N–H and O–H groups in total.